The number of allylic oxidation sites excluding steroid dienone is 3. The van der Waals surface area contributed by atoms with Crippen molar-refractivity contribution < 1.29 is 23.5 Å². The van der Waals surface area contributed by atoms with Gasteiger partial charge in [0.1, 0.15) is 17.3 Å². The van der Waals surface area contributed by atoms with E-state index in [0.29, 0.717) is 56.4 Å². The van der Waals surface area contributed by atoms with E-state index in [1.807, 2.05) is 13.8 Å². The van der Waals surface area contributed by atoms with Crippen molar-refractivity contribution in [3.8, 4) is 6.07 Å². The number of nitrogens with zero attached hydrogens (tertiary/aromatic N) is 4. The monoisotopic (exact) mass is 604 g/mol. The second kappa shape index (κ2) is 11.5. The number of thioether (sulfide) groups is 1. The van der Waals surface area contributed by atoms with Crippen molar-refractivity contribution >= 4 is 51.6 Å². The minimum Gasteiger partial charge on any atom is -0.465 e. The van der Waals surface area contributed by atoms with Gasteiger partial charge in [0, 0.05) is 23.4 Å². The van der Waals surface area contributed by atoms with Gasteiger partial charge in [-0.3, -0.25) is 14.5 Å². The first-order chi connectivity index (χ1) is 20.0. The number of nitrogens with two attached hydrogens (primary N) is 1. The molecule has 3 aromatic rings. The number of carbonyl (C=O) groups is 3. The number of carbonyl (C=O) groups excluding carboxylic acids is 3. The van der Waals surface area contributed by atoms with E-state index in [1.165, 1.54) is 30.2 Å². The van der Waals surface area contributed by atoms with Gasteiger partial charge in [0.05, 0.1) is 36.0 Å². The number of nitrogens with one attached hydrogen (secondary N) is 1. The van der Waals surface area contributed by atoms with Crippen LogP contribution in [0.15, 0.2) is 67.8 Å². The van der Waals surface area contributed by atoms with E-state index in [0.717, 1.165) is 0 Å². The molecule has 1 aliphatic heterocycles. The molecule has 1 aromatic carbocycles. The van der Waals surface area contributed by atoms with Gasteiger partial charge < -0.3 is 20.2 Å². The van der Waals surface area contributed by atoms with Crippen LogP contribution in [0.5, 0.6) is 0 Å². The van der Waals surface area contributed by atoms with Gasteiger partial charge in [-0.1, -0.05) is 36.9 Å². The highest BCUT2D eigenvalue weighted by molar-refractivity contribution is 8.01. The molecule has 1 aliphatic carbocycles. The molecule has 13 heteroatoms. The molecule has 216 valence electrons. The summed E-state index contributed by atoms with van der Waals surface area (Å²) in [4.78, 5) is 39.4. The second-order valence-corrected chi connectivity index (χ2v) is 12.9. The number of anilines is 2. The molecule has 2 aliphatic rings. The lowest BCUT2D eigenvalue weighted by Crippen LogP contribution is -2.42. The number of amides is 1. The highest BCUT2D eigenvalue weighted by Gasteiger charge is 2.46. The van der Waals surface area contributed by atoms with Gasteiger partial charge in [0.2, 0.25) is 11.0 Å². The zero-order valence-electron chi connectivity index (χ0n) is 23.4. The molecule has 11 nitrogen and oxygen atoms in total. The number of Topliss-reactive ketones (excluding diaryl/α,β-unsaturated/α-hetero) is 1. The smallest absolute Gasteiger partial charge is 0.337 e. The summed E-state index contributed by atoms with van der Waals surface area (Å²) in [5.41, 5.74) is 8.57. The average Bonchev–Trinajstić information content (AvgIpc) is 3.59. The topological polar surface area (TPSA) is 164 Å². The number of benzene rings is 1. The lowest BCUT2D eigenvalue weighted by molar-refractivity contribution is -0.118. The predicted molar refractivity (Wildman–Crippen MR) is 158 cm³/mol. The van der Waals surface area contributed by atoms with Gasteiger partial charge in [0.25, 0.3) is 0 Å². The lowest BCUT2D eigenvalue weighted by atomic mass is 9.69. The molecule has 0 saturated heterocycles. The number of nitriles is 1. The van der Waals surface area contributed by atoms with E-state index >= 15 is 0 Å². The van der Waals surface area contributed by atoms with Crippen LogP contribution in [-0.2, 0) is 14.3 Å². The molecule has 1 amide bonds. The van der Waals surface area contributed by atoms with E-state index in [9.17, 15) is 19.6 Å². The first kappa shape index (κ1) is 29.1. The largest absolute Gasteiger partial charge is 0.465 e. The van der Waals surface area contributed by atoms with Crippen LogP contribution in [0, 0.1) is 23.7 Å². The quantitative estimate of drug-likeness (QED) is 0.278. The van der Waals surface area contributed by atoms with Crippen molar-refractivity contribution in [1.82, 2.24) is 10.2 Å². The number of furan rings is 1. The van der Waals surface area contributed by atoms with Crippen LogP contribution in [0.2, 0.25) is 0 Å². The average molecular weight is 605 g/mol. The normalized spacial score (nSPS) is 18.0. The summed E-state index contributed by atoms with van der Waals surface area (Å²) in [6.07, 6.45) is 0.856. The van der Waals surface area contributed by atoms with E-state index < -0.39 is 11.9 Å². The van der Waals surface area contributed by atoms with Gasteiger partial charge in [-0.2, -0.15) is 5.26 Å². The molecule has 0 fully saturated rings. The summed E-state index contributed by atoms with van der Waals surface area (Å²) in [5, 5.41) is 21.9. The number of ketones is 1. The number of hydrogen-bond acceptors (Lipinski definition) is 12. The minimum absolute atomic E-state index is 0.0571. The van der Waals surface area contributed by atoms with E-state index in [4.69, 9.17) is 10.2 Å². The molecule has 5 rings (SSSR count). The Labute approximate surface area is 250 Å². The van der Waals surface area contributed by atoms with E-state index in [1.54, 1.807) is 48.2 Å². The summed E-state index contributed by atoms with van der Waals surface area (Å²) in [7, 11) is 1.30. The lowest BCUT2D eigenvalue weighted by Gasteiger charge is -2.42. The fraction of sp³-hybridized carbons (Fsp3) is 0.310. The van der Waals surface area contributed by atoms with Crippen LogP contribution in [0.4, 0.5) is 10.8 Å². The highest BCUT2D eigenvalue weighted by atomic mass is 32.2. The first-order valence-corrected chi connectivity index (χ1v) is 14.8. The third kappa shape index (κ3) is 5.68. The van der Waals surface area contributed by atoms with Crippen LogP contribution in [0.3, 0.4) is 0 Å². The fourth-order valence-electron chi connectivity index (χ4n) is 5.10. The Morgan fingerprint density at radius 1 is 1.24 bits per heavy atom. The maximum Gasteiger partial charge on any atom is 0.337 e. The zero-order chi connectivity index (χ0) is 30.2. The SMILES string of the molecule is COC(=O)c1ccc(NC(=O)CSc2nnc(N3C(N)=C(C#N)C(c4ccc(C)o4)C4=C3CC(C)(C)CC4=O)s2)cc1. The second-order valence-electron chi connectivity index (χ2n) is 10.7. The van der Waals surface area contributed by atoms with Crippen molar-refractivity contribution in [3.63, 3.8) is 0 Å². The molecule has 0 radical (unpaired) electrons. The Hall–Kier alpha value is -4.41. The van der Waals surface area contributed by atoms with Crippen molar-refractivity contribution in [2.24, 2.45) is 11.1 Å². The van der Waals surface area contributed by atoms with Gasteiger partial charge in [0.15, 0.2) is 10.1 Å². The van der Waals surface area contributed by atoms with Crippen LogP contribution in [0.25, 0.3) is 0 Å². The van der Waals surface area contributed by atoms with Crippen molar-refractivity contribution in [2.75, 3.05) is 23.1 Å². The Balaban J connectivity index is 1.39. The maximum absolute atomic E-state index is 13.6. The number of methoxy groups -OCH3 is 1. The van der Waals surface area contributed by atoms with Crippen molar-refractivity contribution in [3.05, 3.63) is 76.1 Å². The fourth-order valence-corrected chi connectivity index (χ4v) is 6.78. The van der Waals surface area contributed by atoms with E-state index in [2.05, 4.69) is 26.3 Å². The Morgan fingerprint density at radius 3 is 2.62 bits per heavy atom. The predicted octanol–water partition coefficient (Wildman–Crippen LogP) is 4.90. The van der Waals surface area contributed by atoms with Crippen LogP contribution in [-0.4, -0.2) is 40.7 Å². The highest BCUT2D eigenvalue weighted by Crippen LogP contribution is 2.51. The van der Waals surface area contributed by atoms with Gasteiger partial charge >= 0.3 is 5.97 Å². The van der Waals surface area contributed by atoms with Crippen molar-refractivity contribution in [1.29, 1.82) is 5.26 Å². The molecule has 3 heterocycles. The van der Waals surface area contributed by atoms with Crippen LogP contribution < -0.4 is 16.0 Å². The third-order valence-electron chi connectivity index (χ3n) is 6.93. The number of aryl methyl sites for hydroxylation is 1. The molecule has 0 bridgehead atoms. The Morgan fingerprint density at radius 2 is 1.98 bits per heavy atom. The number of esters is 1. The Kier molecular flexibility index (Phi) is 7.94. The summed E-state index contributed by atoms with van der Waals surface area (Å²) < 4.78 is 11.1. The summed E-state index contributed by atoms with van der Waals surface area (Å²) in [5.74, 6) is -0.117. The molecule has 42 heavy (non-hydrogen) atoms. The van der Waals surface area contributed by atoms with Gasteiger partial charge in [-0.25, -0.2) is 4.79 Å². The standard InChI is InChI=1S/C29H28N6O5S2/c1-15-5-10-21(40-15)23-18(13-30)25(31)35(19-11-29(2,3)12-20(36)24(19)23)27-33-34-28(42-27)41-14-22(37)32-17-8-6-16(7-9-17)26(38)39-4/h5-10,23H,11-12,14,31H2,1-4H3,(H,32,37). The summed E-state index contributed by atoms with van der Waals surface area (Å²) in [6.45, 7) is 5.84. The minimum atomic E-state index is -0.703. The number of ether oxygens (including phenoxy) is 1. The zero-order valence-corrected chi connectivity index (χ0v) is 25.0. The number of rotatable bonds is 7. The van der Waals surface area contributed by atoms with Crippen molar-refractivity contribution in [2.45, 2.75) is 43.9 Å². The first-order valence-electron chi connectivity index (χ1n) is 13.0. The van der Waals surface area contributed by atoms with E-state index in [-0.39, 0.29) is 34.3 Å². The molecular formula is C29H28N6O5S2. The molecule has 0 spiro atoms. The number of aromatic nitrogens is 2. The molecule has 1 unspecified atom stereocenters. The molecular weight excluding hydrogens is 576 g/mol. The Bertz CT molecular complexity index is 1680. The molecule has 3 N–H and O–H groups in total. The molecule has 2 aromatic heterocycles. The third-order valence-corrected chi connectivity index (χ3v) is 8.97. The number of hydrogen-bond donors (Lipinski definition) is 2. The summed E-state index contributed by atoms with van der Waals surface area (Å²) >= 11 is 2.41. The van der Waals surface area contributed by atoms with Gasteiger partial charge in [-0.05, 0) is 55.2 Å². The maximum atomic E-state index is 13.6. The molecule has 1 atom stereocenters. The molecule has 0 saturated carbocycles. The van der Waals surface area contributed by atoms with Gasteiger partial charge in [-0.15, -0.1) is 10.2 Å². The van der Waals surface area contributed by atoms with Crippen LogP contribution >= 0.6 is 23.1 Å². The summed E-state index contributed by atoms with van der Waals surface area (Å²) in [6, 6.07) is 12.1. The van der Waals surface area contributed by atoms with Crippen LogP contribution in [0.1, 0.15) is 54.5 Å².